The van der Waals surface area contributed by atoms with Crippen molar-refractivity contribution in [2.24, 2.45) is 23.7 Å². The average Bonchev–Trinajstić information content (AvgIpc) is 2.80. The fourth-order valence-electron chi connectivity index (χ4n) is 5.94. The predicted octanol–water partition coefficient (Wildman–Crippen LogP) is 9.62. The summed E-state index contributed by atoms with van der Waals surface area (Å²) in [5.41, 5.74) is 2.37. The lowest BCUT2D eigenvalue weighted by atomic mass is 9.69. The van der Waals surface area contributed by atoms with Crippen LogP contribution in [0.1, 0.15) is 121 Å². The van der Waals surface area contributed by atoms with Gasteiger partial charge >= 0.3 is 0 Å². The van der Waals surface area contributed by atoms with E-state index < -0.39 is 0 Å². The quantitative estimate of drug-likeness (QED) is 0.264. The third kappa shape index (κ3) is 8.17. The largest absolute Gasteiger partial charge is 0.0945 e. The molecule has 0 aromatic heterocycles. The Bertz CT molecular complexity index is 693. The van der Waals surface area contributed by atoms with Crippen molar-refractivity contribution in [3.63, 3.8) is 0 Å². The highest BCUT2D eigenvalue weighted by Crippen LogP contribution is 2.42. The first-order valence-corrected chi connectivity index (χ1v) is 13.9. The minimum Gasteiger partial charge on any atom is -0.0945 e. The SMILES string of the molecule is CCCCCc1ccc(C#CC2CCC([C@H]3CC[C@H](CCCCC)CC3)CC2)cc1Cl. The monoisotopic (exact) mass is 440 g/mol. The first-order valence-electron chi connectivity index (χ1n) is 13.5. The normalized spacial score (nSPS) is 26.3. The molecular weight excluding hydrogens is 396 g/mol. The topological polar surface area (TPSA) is 0 Å². The number of hydrogen-bond acceptors (Lipinski definition) is 0. The second-order valence-electron chi connectivity index (χ2n) is 10.4. The highest BCUT2D eigenvalue weighted by atomic mass is 35.5. The second-order valence-corrected chi connectivity index (χ2v) is 10.8. The van der Waals surface area contributed by atoms with E-state index in [4.69, 9.17) is 11.6 Å². The van der Waals surface area contributed by atoms with Gasteiger partial charge in [-0.15, -0.1) is 0 Å². The van der Waals surface area contributed by atoms with Crippen molar-refractivity contribution in [2.75, 3.05) is 0 Å². The summed E-state index contributed by atoms with van der Waals surface area (Å²) in [5, 5.41) is 0.900. The molecule has 172 valence electrons. The molecule has 0 spiro atoms. The molecule has 0 N–H and O–H groups in total. The molecular formula is C30H45Cl. The van der Waals surface area contributed by atoms with E-state index in [-0.39, 0.29) is 0 Å². The smallest absolute Gasteiger partial charge is 0.0450 e. The summed E-state index contributed by atoms with van der Waals surface area (Å²) < 4.78 is 0. The van der Waals surface area contributed by atoms with Crippen molar-refractivity contribution in [1.82, 2.24) is 0 Å². The number of rotatable bonds is 9. The lowest BCUT2D eigenvalue weighted by molar-refractivity contribution is 0.153. The van der Waals surface area contributed by atoms with Crippen molar-refractivity contribution in [1.29, 1.82) is 0 Å². The van der Waals surface area contributed by atoms with Gasteiger partial charge in [-0.05, 0) is 86.8 Å². The Morgan fingerprint density at radius 2 is 1.45 bits per heavy atom. The molecule has 0 amide bonds. The fraction of sp³-hybridized carbons (Fsp3) is 0.733. The standard InChI is InChI=1S/C30H45Cl/c1-3-5-7-9-24-13-18-27(19-14-24)28-20-15-25(16-21-28)11-12-26-17-22-29(30(31)23-26)10-8-6-4-2/h17,22-25,27-28H,3-10,13-16,18-21H2,1-2H3/t24-,25?,27-,28?. The van der Waals surface area contributed by atoms with Crippen LogP contribution in [0.15, 0.2) is 18.2 Å². The van der Waals surface area contributed by atoms with Crippen LogP contribution >= 0.6 is 11.6 Å². The summed E-state index contributed by atoms with van der Waals surface area (Å²) in [6, 6.07) is 6.45. The van der Waals surface area contributed by atoms with Gasteiger partial charge in [0.15, 0.2) is 0 Å². The Morgan fingerprint density at radius 3 is 2.10 bits per heavy atom. The molecule has 2 fully saturated rings. The third-order valence-corrected chi connectivity index (χ3v) is 8.42. The van der Waals surface area contributed by atoms with E-state index in [1.165, 1.54) is 102 Å². The number of hydrogen-bond donors (Lipinski definition) is 0. The summed E-state index contributed by atoms with van der Waals surface area (Å²) in [6.07, 6.45) is 22.0. The Balaban J connectivity index is 1.40. The minimum absolute atomic E-state index is 0.588. The Labute approximate surface area is 197 Å². The zero-order valence-electron chi connectivity index (χ0n) is 20.2. The molecule has 0 unspecified atom stereocenters. The van der Waals surface area contributed by atoms with Crippen LogP contribution in [0.5, 0.6) is 0 Å². The van der Waals surface area contributed by atoms with Crippen LogP contribution in [0.2, 0.25) is 5.02 Å². The van der Waals surface area contributed by atoms with Crippen molar-refractivity contribution >= 4 is 11.6 Å². The third-order valence-electron chi connectivity index (χ3n) is 8.07. The molecule has 0 saturated heterocycles. The van der Waals surface area contributed by atoms with Crippen LogP contribution in [0.3, 0.4) is 0 Å². The van der Waals surface area contributed by atoms with E-state index in [9.17, 15) is 0 Å². The van der Waals surface area contributed by atoms with E-state index in [1.807, 2.05) is 0 Å². The summed E-state index contributed by atoms with van der Waals surface area (Å²) in [7, 11) is 0. The summed E-state index contributed by atoms with van der Waals surface area (Å²) in [6.45, 7) is 4.56. The number of benzene rings is 1. The summed E-state index contributed by atoms with van der Waals surface area (Å²) >= 11 is 6.51. The van der Waals surface area contributed by atoms with E-state index in [0.717, 1.165) is 34.8 Å². The van der Waals surface area contributed by atoms with Gasteiger partial charge < -0.3 is 0 Å². The molecule has 3 rings (SSSR count). The first-order chi connectivity index (χ1) is 15.2. The van der Waals surface area contributed by atoms with Crippen LogP contribution in [-0.2, 0) is 6.42 Å². The molecule has 1 aromatic rings. The zero-order chi connectivity index (χ0) is 21.9. The van der Waals surface area contributed by atoms with Crippen LogP contribution in [0, 0.1) is 35.5 Å². The van der Waals surface area contributed by atoms with Gasteiger partial charge in [0.05, 0.1) is 0 Å². The Kier molecular flexibility index (Phi) is 10.8. The van der Waals surface area contributed by atoms with Gasteiger partial charge in [0.2, 0.25) is 0 Å². The van der Waals surface area contributed by atoms with Gasteiger partial charge in [-0.1, -0.05) is 94.7 Å². The lowest BCUT2D eigenvalue weighted by Crippen LogP contribution is -2.25. The molecule has 0 heterocycles. The second kappa shape index (κ2) is 13.6. The molecule has 2 aliphatic rings. The van der Waals surface area contributed by atoms with Gasteiger partial charge in [-0.2, -0.15) is 0 Å². The maximum atomic E-state index is 6.51. The molecule has 2 saturated carbocycles. The fourth-order valence-corrected chi connectivity index (χ4v) is 6.22. The maximum Gasteiger partial charge on any atom is 0.0450 e. The number of halogens is 1. The van der Waals surface area contributed by atoms with Crippen LogP contribution in [0.4, 0.5) is 0 Å². The van der Waals surface area contributed by atoms with Crippen LogP contribution in [0.25, 0.3) is 0 Å². The van der Waals surface area contributed by atoms with Gasteiger partial charge in [-0.25, -0.2) is 0 Å². The zero-order valence-corrected chi connectivity index (χ0v) is 21.0. The Morgan fingerprint density at radius 1 is 0.806 bits per heavy atom. The molecule has 31 heavy (non-hydrogen) atoms. The van der Waals surface area contributed by atoms with Crippen molar-refractivity contribution in [3.05, 3.63) is 34.3 Å². The number of unbranched alkanes of at least 4 members (excludes halogenated alkanes) is 4. The Hall–Kier alpha value is -0.930. The predicted molar refractivity (Wildman–Crippen MR) is 137 cm³/mol. The molecule has 0 nitrogen and oxygen atoms in total. The molecule has 0 aliphatic heterocycles. The lowest BCUT2D eigenvalue weighted by Gasteiger charge is -2.37. The molecule has 0 bridgehead atoms. The summed E-state index contributed by atoms with van der Waals surface area (Å²) in [5.74, 6) is 10.6. The molecule has 0 atom stereocenters. The average molecular weight is 441 g/mol. The molecule has 1 heteroatoms. The highest BCUT2D eigenvalue weighted by Gasteiger charge is 2.30. The van der Waals surface area contributed by atoms with Crippen molar-refractivity contribution in [3.8, 4) is 11.8 Å². The van der Waals surface area contributed by atoms with E-state index in [1.54, 1.807) is 0 Å². The van der Waals surface area contributed by atoms with Crippen molar-refractivity contribution < 1.29 is 0 Å². The van der Waals surface area contributed by atoms with Gasteiger partial charge in [0, 0.05) is 16.5 Å². The maximum absolute atomic E-state index is 6.51. The molecule has 2 aliphatic carbocycles. The first kappa shape index (κ1) is 24.7. The van der Waals surface area contributed by atoms with E-state index in [0.29, 0.717) is 5.92 Å². The van der Waals surface area contributed by atoms with Gasteiger partial charge in [0.25, 0.3) is 0 Å². The molecule has 1 aromatic carbocycles. The minimum atomic E-state index is 0.588. The van der Waals surface area contributed by atoms with E-state index >= 15 is 0 Å². The summed E-state index contributed by atoms with van der Waals surface area (Å²) in [4.78, 5) is 0. The van der Waals surface area contributed by atoms with E-state index in [2.05, 4.69) is 43.9 Å². The highest BCUT2D eigenvalue weighted by molar-refractivity contribution is 6.31. The van der Waals surface area contributed by atoms with Crippen LogP contribution in [-0.4, -0.2) is 0 Å². The number of aryl methyl sites for hydroxylation is 1. The van der Waals surface area contributed by atoms with Crippen molar-refractivity contribution in [2.45, 2.75) is 117 Å². The van der Waals surface area contributed by atoms with Gasteiger partial charge in [0.1, 0.15) is 0 Å². The molecule has 0 radical (unpaired) electrons. The van der Waals surface area contributed by atoms with Gasteiger partial charge in [-0.3, -0.25) is 0 Å². The van der Waals surface area contributed by atoms with Crippen LogP contribution < -0.4 is 0 Å².